The van der Waals surface area contributed by atoms with Crippen LogP contribution in [0, 0.1) is 21.1 Å². The standard InChI is InChI=1S/C22H23F2IN6O4S/c1-31-21(28-17-5-2-13(25)10-16(17)23)15(19(26)32)9-12(22(31)33)8-11-6-7-27-20(18(11)24)30-36(34,35)29-14-3-4-14/h2,5-7,9-10,14-15,21,28-29H,3-4,8H2,1H3,(H2,26,32)(H,27,30). The molecule has 0 radical (unpaired) electrons. The first-order chi connectivity index (χ1) is 16.9. The number of carbonyl (C=O) groups excluding carboxylic acids is 2. The number of benzene rings is 1. The van der Waals surface area contributed by atoms with Crippen molar-refractivity contribution in [3.8, 4) is 0 Å². The number of hydrogen-bond donors (Lipinski definition) is 4. The fourth-order valence-corrected chi connectivity index (χ4v) is 5.36. The molecule has 2 heterocycles. The molecule has 2 amide bonds. The molecule has 36 heavy (non-hydrogen) atoms. The summed E-state index contributed by atoms with van der Waals surface area (Å²) >= 11 is 1.96. The molecule has 0 bridgehead atoms. The SMILES string of the molecule is CN1C(=O)C(Cc2ccnc(NS(=O)(=O)NC3CC3)c2F)=CC(C(N)=O)C1Nc1ccc(I)cc1F. The Morgan fingerprint density at radius 3 is 2.64 bits per heavy atom. The molecule has 0 spiro atoms. The summed E-state index contributed by atoms with van der Waals surface area (Å²) in [6, 6.07) is 5.57. The molecule has 2 aliphatic rings. The van der Waals surface area contributed by atoms with Gasteiger partial charge in [0.05, 0.1) is 11.6 Å². The van der Waals surface area contributed by atoms with Gasteiger partial charge in [0.2, 0.25) is 5.91 Å². The Hall–Kier alpha value is -2.85. The van der Waals surface area contributed by atoms with E-state index >= 15 is 4.39 Å². The summed E-state index contributed by atoms with van der Waals surface area (Å²) in [6.45, 7) is 0. The topological polar surface area (TPSA) is 147 Å². The number of rotatable bonds is 9. The number of amides is 2. The Balaban J connectivity index is 1.58. The Kier molecular flexibility index (Phi) is 7.47. The van der Waals surface area contributed by atoms with Crippen molar-refractivity contribution in [3.05, 3.63) is 62.9 Å². The second-order valence-corrected chi connectivity index (χ2v) is 11.2. The summed E-state index contributed by atoms with van der Waals surface area (Å²) in [4.78, 5) is 30.3. The number of nitrogens with one attached hydrogen (secondary N) is 3. The molecule has 4 rings (SSSR count). The van der Waals surface area contributed by atoms with E-state index in [0.717, 1.165) is 0 Å². The summed E-state index contributed by atoms with van der Waals surface area (Å²) in [6.07, 6.45) is 2.70. The molecular formula is C22H23F2IN6O4S. The maximum absolute atomic E-state index is 15.1. The van der Waals surface area contributed by atoms with Gasteiger partial charge in [0, 0.05) is 34.9 Å². The van der Waals surface area contributed by atoms with Crippen molar-refractivity contribution in [1.82, 2.24) is 14.6 Å². The molecule has 192 valence electrons. The highest BCUT2D eigenvalue weighted by molar-refractivity contribution is 14.1. The predicted octanol–water partition coefficient (Wildman–Crippen LogP) is 1.85. The van der Waals surface area contributed by atoms with Crippen LogP contribution in [0.4, 0.5) is 20.3 Å². The first kappa shape index (κ1) is 26.2. The second kappa shape index (κ2) is 10.3. The molecule has 1 saturated carbocycles. The Bertz CT molecular complexity index is 1350. The zero-order valence-corrected chi connectivity index (χ0v) is 21.9. The lowest BCUT2D eigenvalue weighted by atomic mass is 9.91. The zero-order valence-electron chi connectivity index (χ0n) is 19.0. The van der Waals surface area contributed by atoms with Gasteiger partial charge in [0.25, 0.3) is 5.91 Å². The molecule has 2 atom stereocenters. The van der Waals surface area contributed by atoms with Crippen LogP contribution in [0.2, 0.25) is 0 Å². The lowest BCUT2D eigenvalue weighted by Crippen LogP contribution is -2.53. The Morgan fingerprint density at radius 1 is 1.28 bits per heavy atom. The van der Waals surface area contributed by atoms with E-state index in [1.807, 2.05) is 22.6 Å². The van der Waals surface area contributed by atoms with E-state index in [-0.39, 0.29) is 29.3 Å². The lowest BCUT2D eigenvalue weighted by molar-refractivity contribution is -0.131. The minimum Gasteiger partial charge on any atom is -0.369 e. The van der Waals surface area contributed by atoms with Gasteiger partial charge in [0.15, 0.2) is 11.6 Å². The van der Waals surface area contributed by atoms with Crippen LogP contribution in [0.1, 0.15) is 18.4 Å². The van der Waals surface area contributed by atoms with Gasteiger partial charge in [0.1, 0.15) is 12.0 Å². The van der Waals surface area contributed by atoms with Crippen molar-refractivity contribution in [3.63, 3.8) is 0 Å². The number of likely N-dealkylation sites (N-methyl/N-ethyl adjacent to an activating group) is 1. The third-order valence-corrected chi connectivity index (χ3v) is 7.55. The summed E-state index contributed by atoms with van der Waals surface area (Å²) in [5.74, 6) is -4.39. The number of pyridine rings is 1. The van der Waals surface area contributed by atoms with Crippen LogP contribution in [0.5, 0.6) is 0 Å². The van der Waals surface area contributed by atoms with Crippen LogP contribution < -0.4 is 20.5 Å². The third kappa shape index (κ3) is 5.92. The van der Waals surface area contributed by atoms with Gasteiger partial charge in [-0.3, -0.25) is 14.3 Å². The van der Waals surface area contributed by atoms with Crippen molar-refractivity contribution in [2.45, 2.75) is 31.5 Å². The quantitative estimate of drug-likeness (QED) is 0.311. The molecule has 14 heteroatoms. The van der Waals surface area contributed by atoms with Crippen molar-refractivity contribution in [2.75, 3.05) is 17.1 Å². The molecular weight excluding hydrogens is 609 g/mol. The number of nitrogens with zero attached hydrogens (tertiary/aromatic N) is 2. The van der Waals surface area contributed by atoms with Gasteiger partial charge in [-0.1, -0.05) is 6.08 Å². The van der Waals surface area contributed by atoms with Gasteiger partial charge < -0.3 is 16.0 Å². The highest BCUT2D eigenvalue weighted by Gasteiger charge is 2.38. The number of anilines is 2. The van der Waals surface area contributed by atoms with Gasteiger partial charge in [-0.05, 0) is 65.3 Å². The largest absolute Gasteiger partial charge is 0.369 e. The van der Waals surface area contributed by atoms with Gasteiger partial charge in [-0.2, -0.15) is 13.1 Å². The number of aromatic nitrogens is 1. The zero-order chi connectivity index (χ0) is 26.2. The average Bonchev–Trinajstić information content (AvgIpc) is 3.60. The molecule has 1 aliphatic heterocycles. The van der Waals surface area contributed by atoms with E-state index in [1.54, 1.807) is 6.07 Å². The van der Waals surface area contributed by atoms with Gasteiger partial charge >= 0.3 is 10.2 Å². The van der Waals surface area contributed by atoms with Crippen LogP contribution in [0.3, 0.4) is 0 Å². The van der Waals surface area contributed by atoms with E-state index in [0.29, 0.717) is 16.4 Å². The normalized spacial score (nSPS) is 20.2. The average molecular weight is 632 g/mol. The first-order valence-electron chi connectivity index (χ1n) is 10.9. The minimum atomic E-state index is -4.02. The molecule has 1 fully saturated rings. The smallest absolute Gasteiger partial charge is 0.300 e. The molecule has 2 aromatic rings. The maximum Gasteiger partial charge on any atom is 0.300 e. The lowest BCUT2D eigenvalue weighted by Gasteiger charge is -2.37. The predicted molar refractivity (Wildman–Crippen MR) is 137 cm³/mol. The van der Waals surface area contributed by atoms with Crippen LogP contribution in [-0.4, -0.2) is 49.4 Å². The highest BCUT2D eigenvalue weighted by atomic mass is 127. The van der Waals surface area contributed by atoms with E-state index in [9.17, 15) is 22.4 Å². The summed E-state index contributed by atoms with van der Waals surface area (Å²) in [5, 5.41) is 2.85. The van der Waals surface area contributed by atoms with Crippen molar-refractivity contribution in [2.24, 2.45) is 11.7 Å². The molecule has 5 N–H and O–H groups in total. The minimum absolute atomic E-state index is 0.0135. The van der Waals surface area contributed by atoms with Crippen LogP contribution in [-0.2, 0) is 26.2 Å². The second-order valence-electron chi connectivity index (χ2n) is 8.56. The van der Waals surface area contributed by atoms with E-state index in [1.165, 1.54) is 42.4 Å². The van der Waals surface area contributed by atoms with Gasteiger partial charge in [-0.15, -0.1) is 0 Å². The van der Waals surface area contributed by atoms with Crippen LogP contribution >= 0.6 is 22.6 Å². The van der Waals surface area contributed by atoms with Crippen molar-refractivity contribution in [1.29, 1.82) is 0 Å². The molecule has 1 aromatic heterocycles. The number of hydrogen-bond acceptors (Lipinski definition) is 6. The summed E-state index contributed by atoms with van der Waals surface area (Å²) < 4.78 is 58.9. The molecule has 1 aliphatic carbocycles. The fraction of sp³-hybridized carbons (Fsp3) is 0.318. The molecule has 10 nitrogen and oxygen atoms in total. The van der Waals surface area contributed by atoms with Gasteiger partial charge in [-0.25, -0.2) is 13.8 Å². The first-order valence-corrected chi connectivity index (χ1v) is 13.4. The van der Waals surface area contributed by atoms with Crippen molar-refractivity contribution >= 4 is 56.1 Å². The Morgan fingerprint density at radius 2 is 2.00 bits per heavy atom. The third-order valence-electron chi connectivity index (χ3n) is 5.78. The number of nitrogens with two attached hydrogens (primary N) is 1. The van der Waals surface area contributed by atoms with E-state index in [2.05, 4.69) is 19.7 Å². The maximum atomic E-state index is 15.1. The van der Waals surface area contributed by atoms with E-state index < -0.39 is 51.6 Å². The molecule has 0 saturated heterocycles. The van der Waals surface area contributed by atoms with Crippen LogP contribution in [0.15, 0.2) is 42.1 Å². The Labute approximate surface area is 220 Å². The molecule has 2 unspecified atom stereocenters. The number of halogens is 3. The summed E-state index contributed by atoms with van der Waals surface area (Å²) in [5.41, 5.74) is 5.72. The number of primary amides is 1. The molecule has 1 aromatic carbocycles. The van der Waals surface area contributed by atoms with Crippen molar-refractivity contribution < 1.29 is 26.8 Å². The fourth-order valence-electron chi connectivity index (χ4n) is 3.77. The highest BCUT2D eigenvalue weighted by Crippen LogP contribution is 2.29. The number of carbonyl (C=O) groups is 2. The summed E-state index contributed by atoms with van der Waals surface area (Å²) in [7, 11) is -2.60. The monoisotopic (exact) mass is 632 g/mol. The van der Waals surface area contributed by atoms with Crippen LogP contribution in [0.25, 0.3) is 0 Å². The van der Waals surface area contributed by atoms with E-state index in [4.69, 9.17) is 5.73 Å².